The molecule has 2 amide bonds. The van der Waals surface area contributed by atoms with Crippen molar-refractivity contribution in [1.82, 2.24) is 5.32 Å². The molecule has 1 aromatic carbocycles. The summed E-state index contributed by atoms with van der Waals surface area (Å²) in [4.78, 5) is 12.5. The van der Waals surface area contributed by atoms with Crippen molar-refractivity contribution in [1.29, 1.82) is 5.26 Å². The molecule has 1 rings (SSSR count). The second kappa shape index (κ2) is 7.14. The van der Waals surface area contributed by atoms with Crippen LogP contribution in [0.1, 0.15) is 6.92 Å². The molecule has 18 heavy (non-hydrogen) atoms. The van der Waals surface area contributed by atoms with Crippen LogP contribution in [0.3, 0.4) is 0 Å². The van der Waals surface area contributed by atoms with E-state index in [2.05, 4.69) is 10.6 Å². The number of hydrogen-bond acceptors (Lipinski definition) is 3. The van der Waals surface area contributed by atoms with Crippen LogP contribution in [0.15, 0.2) is 23.1 Å². The van der Waals surface area contributed by atoms with Crippen LogP contribution >= 0.6 is 23.4 Å². The summed E-state index contributed by atoms with van der Waals surface area (Å²) in [6, 6.07) is 7.04. The highest BCUT2D eigenvalue weighted by atomic mass is 35.5. The van der Waals surface area contributed by atoms with Gasteiger partial charge >= 0.3 is 6.03 Å². The SMILES string of the molecule is CSc1c(Cl)cccc1NC(=O)NCC(C)C#N. The van der Waals surface area contributed by atoms with E-state index in [-0.39, 0.29) is 11.9 Å². The van der Waals surface area contributed by atoms with Crippen LogP contribution < -0.4 is 10.6 Å². The van der Waals surface area contributed by atoms with Crippen LogP contribution in [0.2, 0.25) is 5.02 Å². The molecule has 0 spiro atoms. The highest BCUT2D eigenvalue weighted by molar-refractivity contribution is 7.98. The first-order valence-electron chi connectivity index (χ1n) is 5.35. The van der Waals surface area contributed by atoms with Crippen LogP contribution in [0.25, 0.3) is 0 Å². The van der Waals surface area contributed by atoms with E-state index in [0.717, 1.165) is 4.90 Å². The van der Waals surface area contributed by atoms with Gasteiger partial charge in [0.2, 0.25) is 0 Å². The number of rotatable bonds is 4. The molecule has 0 saturated carbocycles. The minimum atomic E-state index is -0.338. The standard InChI is InChI=1S/C12H14ClN3OS/c1-8(6-14)7-15-12(17)16-10-5-3-4-9(13)11(10)18-2/h3-5,8H,7H2,1-2H3,(H2,15,16,17). The molecule has 0 aliphatic heterocycles. The van der Waals surface area contributed by atoms with Gasteiger partial charge in [-0.2, -0.15) is 5.26 Å². The second-order valence-electron chi connectivity index (χ2n) is 3.69. The van der Waals surface area contributed by atoms with Crippen LogP contribution in [0.4, 0.5) is 10.5 Å². The third-order valence-corrected chi connectivity index (χ3v) is 3.48. The smallest absolute Gasteiger partial charge is 0.319 e. The lowest BCUT2D eigenvalue weighted by Crippen LogP contribution is -2.32. The Morgan fingerprint density at radius 2 is 2.33 bits per heavy atom. The zero-order chi connectivity index (χ0) is 13.5. The van der Waals surface area contributed by atoms with Gasteiger partial charge in [0, 0.05) is 11.4 Å². The summed E-state index contributed by atoms with van der Waals surface area (Å²) in [5, 5.41) is 14.6. The third kappa shape index (κ3) is 4.13. The summed E-state index contributed by atoms with van der Waals surface area (Å²) in [6.07, 6.45) is 1.89. The number of urea groups is 1. The molecule has 1 unspecified atom stereocenters. The lowest BCUT2D eigenvalue weighted by molar-refractivity contribution is 0.251. The van der Waals surface area contributed by atoms with Gasteiger partial charge in [-0.3, -0.25) is 0 Å². The van der Waals surface area contributed by atoms with Gasteiger partial charge in [0.1, 0.15) is 0 Å². The van der Waals surface area contributed by atoms with E-state index in [4.69, 9.17) is 16.9 Å². The third-order valence-electron chi connectivity index (χ3n) is 2.21. The van der Waals surface area contributed by atoms with Gasteiger partial charge in [0.25, 0.3) is 0 Å². The van der Waals surface area contributed by atoms with Crippen LogP contribution in [0.5, 0.6) is 0 Å². The topological polar surface area (TPSA) is 64.9 Å². The lowest BCUT2D eigenvalue weighted by atomic mass is 10.2. The maximum atomic E-state index is 11.6. The molecular formula is C12H14ClN3OS. The van der Waals surface area contributed by atoms with E-state index < -0.39 is 0 Å². The zero-order valence-corrected chi connectivity index (χ0v) is 11.7. The summed E-state index contributed by atoms with van der Waals surface area (Å²) in [6.45, 7) is 2.06. The maximum absolute atomic E-state index is 11.6. The molecule has 1 atom stereocenters. The molecule has 0 aromatic heterocycles. The van der Waals surface area contributed by atoms with Crippen molar-refractivity contribution in [3.8, 4) is 6.07 Å². The Labute approximate surface area is 116 Å². The number of nitrogens with one attached hydrogen (secondary N) is 2. The minimum Gasteiger partial charge on any atom is -0.337 e. The number of amides is 2. The van der Waals surface area contributed by atoms with Crippen LogP contribution in [0, 0.1) is 17.2 Å². The Hall–Kier alpha value is -1.38. The molecule has 0 aliphatic rings. The fraction of sp³-hybridized carbons (Fsp3) is 0.333. The van der Waals surface area contributed by atoms with E-state index in [1.165, 1.54) is 11.8 Å². The first-order valence-corrected chi connectivity index (χ1v) is 6.95. The highest BCUT2D eigenvalue weighted by Crippen LogP contribution is 2.32. The van der Waals surface area contributed by atoms with E-state index in [0.29, 0.717) is 17.3 Å². The number of hydrogen-bond donors (Lipinski definition) is 2. The number of carbonyl (C=O) groups is 1. The molecular weight excluding hydrogens is 270 g/mol. The van der Waals surface area contributed by atoms with E-state index >= 15 is 0 Å². The number of thioether (sulfide) groups is 1. The van der Waals surface area contributed by atoms with Gasteiger partial charge in [0.15, 0.2) is 0 Å². The molecule has 0 bridgehead atoms. The van der Waals surface area contributed by atoms with Gasteiger partial charge < -0.3 is 10.6 Å². The van der Waals surface area contributed by atoms with E-state index in [1.807, 2.05) is 12.3 Å². The largest absolute Gasteiger partial charge is 0.337 e. The summed E-state index contributed by atoms with van der Waals surface area (Å²) in [7, 11) is 0. The first-order chi connectivity index (χ1) is 8.58. The fourth-order valence-electron chi connectivity index (χ4n) is 1.27. The normalized spacial score (nSPS) is 11.4. The summed E-state index contributed by atoms with van der Waals surface area (Å²) in [5.41, 5.74) is 0.664. The quantitative estimate of drug-likeness (QED) is 0.833. The molecule has 0 heterocycles. The number of benzene rings is 1. The van der Waals surface area contributed by atoms with Crippen LogP contribution in [-0.4, -0.2) is 18.8 Å². The Kier molecular flexibility index (Phi) is 5.83. The van der Waals surface area contributed by atoms with Crippen molar-refractivity contribution in [2.45, 2.75) is 11.8 Å². The van der Waals surface area contributed by atoms with Crippen molar-refractivity contribution >= 4 is 35.1 Å². The van der Waals surface area contributed by atoms with Gasteiger partial charge in [0.05, 0.1) is 22.7 Å². The van der Waals surface area contributed by atoms with Crippen molar-refractivity contribution in [2.75, 3.05) is 18.1 Å². The average Bonchev–Trinajstić information content (AvgIpc) is 2.36. The lowest BCUT2D eigenvalue weighted by Gasteiger charge is -2.12. The molecule has 96 valence electrons. The molecule has 0 radical (unpaired) electrons. The molecule has 6 heteroatoms. The van der Waals surface area contributed by atoms with Gasteiger partial charge in [-0.25, -0.2) is 4.79 Å². The number of halogens is 1. The second-order valence-corrected chi connectivity index (χ2v) is 4.91. The maximum Gasteiger partial charge on any atom is 0.319 e. The summed E-state index contributed by atoms with van der Waals surface area (Å²) < 4.78 is 0. The van der Waals surface area contributed by atoms with Gasteiger partial charge in [-0.05, 0) is 25.3 Å². The Balaban J connectivity index is 2.65. The van der Waals surface area contributed by atoms with Gasteiger partial charge in [-0.15, -0.1) is 11.8 Å². The highest BCUT2D eigenvalue weighted by Gasteiger charge is 2.09. The molecule has 2 N–H and O–H groups in total. The van der Waals surface area contributed by atoms with E-state index in [1.54, 1.807) is 25.1 Å². The number of nitrogens with zero attached hydrogens (tertiary/aromatic N) is 1. The van der Waals surface area contributed by atoms with Crippen LogP contribution in [-0.2, 0) is 0 Å². The van der Waals surface area contributed by atoms with Crippen molar-refractivity contribution in [3.05, 3.63) is 23.2 Å². The molecule has 4 nitrogen and oxygen atoms in total. The first kappa shape index (κ1) is 14.7. The Morgan fingerprint density at radius 3 is 2.94 bits per heavy atom. The average molecular weight is 284 g/mol. The molecule has 0 fully saturated rings. The minimum absolute atomic E-state index is 0.213. The predicted molar refractivity (Wildman–Crippen MR) is 75.0 cm³/mol. The Morgan fingerprint density at radius 1 is 1.61 bits per heavy atom. The van der Waals surface area contributed by atoms with Crippen molar-refractivity contribution in [2.24, 2.45) is 5.92 Å². The number of anilines is 1. The van der Waals surface area contributed by atoms with Crippen molar-refractivity contribution in [3.63, 3.8) is 0 Å². The zero-order valence-electron chi connectivity index (χ0n) is 10.2. The predicted octanol–water partition coefficient (Wildman–Crippen LogP) is 3.34. The number of carbonyl (C=O) groups excluding carboxylic acids is 1. The summed E-state index contributed by atoms with van der Waals surface area (Å²) >= 11 is 7.49. The number of nitriles is 1. The summed E-state index contributed by atoms with van der Waals surface area (Å²) in [5.74, 6) is -0.213. The van der Waals surface area contributed by atoms with E-state index in [9.17, 15) is 4.79 Å². The monoisotopic (exact) mass is 283 g/mol. The Bertz CT molecular complexity index is 473. The van der Waals surface area contributed by atoms with Crippen molar-refractivity contribution < 1.29 is 4.79 Å². The van der Waals surface area contributed by atoms with Gasteiger partial charge in [-0.1, -0.05) is 17.7 Å². The molecule has 1 aromatic rings. The fourth-order valence-corrected chi connectivity index (χ4v) is 2.28. The molecule has 0 saturated heterocycles. The molecule has 0 aliphatic carbocycles.